The van der Waals surface area contributed by atoms with Crippen LogP contribution in [-0.2, 0) is 17.9 Å². The second kappa shape index (κ2) is 10.3. The number of fused-ring (bicyclic) bond motifs is 1. The summed E-state index contributed by atoms with van der Waals surface area (Å²) in [6.45, 7) is 1.81. The molecule has 0 amide bonds. The number of benzene rings is 2. The molecule has 3 N–H and O–H groups in total. The summed E-state index contributed by atoms with van der Waals surface area (Å²) in [6.07, 6.45) is 0.851. The van der Waals surface area contributed by atoms with Gasteiger partial charge in [-0.2, -0.15) is 0 Å². The minimum Gasteiger partial charge on any atom is -0.490 e. The first-order valence-electron chi connectivity index (χ1n) is 8.38. The Kier molecular flexibility index (Phi) is 8.11. The molecule has 3 rings (SSSR count). The smallest absolute Gasteiger partial charge is 0.193 e. The zero-order valence-corrected chi connectivity index (χ0v) is 17.4. The third kappa shape index (κ3) is 5.96. The molecule has 0 saturated heterocycles. The molecule has 0 unspecified atom stereocenters. The van der Waals surface area contributed by atoms with E-state index in [9.17, 15) is 4.39 Å². The van der Waals surface area contributed by atoms with Crippen molar-refractivity contribution in [2.75, 3.05) is 25.6 Å². The van der Waals surface area contributed by atoms with Gasteiger partial charge in [0.2, 0.25) is 0 Å². The van der Waals surface area contributed by atoms with Crippen molar-refractivity contribution in [3.8, 4) is 11.5 Å². The lowest BCUT2D eigenvalue weighted by Gasteiger charge is -2.11. The lowest BCUT2D eigenvalue weighted by molar-refractivity contribution is 0.181. The lowest BCUT2D eigenvalue weighted by Crippen LogP contribution is -2.22. The number of anilines is 1. The van der Waals surface area contributed by atoms with Crippen molar-refractivity contribution in [3.63, 3.8) is 0 Å². The highest BCUT2D eigenvalue weighted by atomic mass is 127. The average molecular weight is 487 g/mol. The van der Waals surface area contributed by atoms with E-state index in [2.05, 4.69) is 10.3 Å². The van der Waals surface area contributed by atoms with Crippen LogP contribution in [0.3, 0.4) is 0 Å². The topological polar surface area (TPSA) is 78.1 Å². The molecule has 0 saturated carbocycles. The van der Waals surface area contributed by atoms with Gasteiger partial charge in [-0.05, 0) is 29.8 Å². The number of nitrogens with zero attached hydrogens (tertiary/aromatic N) is 1. The number of hydrogen-bond acceptors (Lipinski definition) is 4. The zero-order valence-electron chi connectivity index (χ0n) is 15.0. The number of nitrogens with two attached hydrogens (primary N) is 1. The first-order chi connectivity index (χ1) is 12.7. The molecular weight excluding hydrogens is 464 g/mol. The first kappa shape index (κ1) is 21.2. The van der Waals surface area contributed by atoms with E-state index in [1.54, 1.807) is 12.1 Å². The van der Waals surface area contributed by atoms with Crippen molar-refractivity contribution in [1.82, 2.24) is 0 Å². The molecular formula is C19H23FIN3O3. The monoisotopic (exact) mass is 487 g/mol. The third-order valence-corrected chi connectivity index (χ3v) is 3.86. The highest BCUT2D eigenvalue weighted by Gasteiger charge is 2.11. The van der Waals surface area contributed by atoms with Crippen molar-refractivity contribution in [1.29, 1.82) is 0 Å². The highest BCUT2D eigenvalue weighted by Crippen LogP contribution is 2.32. The molecule has 0 spiro atoms. The van der Waals surface area contributed by atoms with E-state index in [1.165, 1.54) is 13.2 Å². The average Bonchev–Trinajstić information content (AvgIpc) is 2.87. The molecule has 0 aliphatic carbocycles. The molecule has 0 aromatic heterocycles. The predicted molar refractivity (Wildman–Crippen MR) is 114 cm³/mol. The Bertz CT molecular complexity index is 802. The van der Waals surface area contributed by atoms with Crippen LogP contribution in [0.4, 0.5) is 10.1 Å². The van der Waals surface area contributed by atoms with Crippen LogP contribution in [0.1, 0.15) is 17.5 Å². The predicted octanol–water partition coefficient (Wildman–Crippen LogP) is 3.68. The van der Waals surface area contributed by atoms with Crippen LogP contribution in [-0.4, -0.2) is 26.3 Å². The van der Waals surface area contributed by atoms with Gasteiger partial charge in [0.05, 0.1) is 26.4 Å². The van der Waals surface area contributed by atoms with E-state index >= 15 is 0 Å². The Morgan fingerprint density at radius 1 is 1.19 bits per heavy atom. The molecule has 8 heteroatoms. The fraction of sp³-hybridized carbons (Fsp3) is 0.316. The number of nitrogens with one attached hydrogen (secondary N) is 1. The van der Waals surface area contributed by atoms with Crippen molar-refractivity contribution in [2.45, 2.75) is 19.6 Å². The summed E-state index contributed by atoms with van der Waals surface area (Å²) in [6, 6.07) is 10.3. The first-order valence-corrected chi connectivity index (χ1v) is 8.38. The summed E-state index contributed by atoms with van der Waals surface area (Å²) in [7, 11) is 1.53. The SMILES string of the molecule is COCc1cc(CN=C(N)Nc2ccc3c(c2)OCCCO3)ccc1F.I. The summed E-state index contributed by atoms with van der Waals surface area (Å²) in [5.74, 6) is 1.37. The van der Waals surface area contributed by atoms with E-state index in [0.717, 1.165) is 23.4 Å². The molecule has 0 radical (unpaired) electrons. The van der Waals surface area contributed by atoms with Gasteiger partial charge >= 0.3 is 0 Å². The standard InChI is InChI=1S/C19H22FN3O3.HI/c1-24-12-14-9-13(3-5-16(14)20)11-22-19(21)23-15-4-6-17-18(10-15)26-8-2-7-25-17;/h3-6,9-10H,2,7-8,11-12H2,1H3,(H3,21,22,23);1H. The van der Waals surface area contributed by atoms with Crippen LogP contribution in [0.15, 0.2) is 41.4 Å². The van der Waals surface area contributed by atoms with Gasteiger partial charge in [-0.25, -0.2) is 9.38 Å². The molecule has 0 bridgehead atoms. The number of halogens is 2. The van der Waals surface area contributed by atoms with Crippen LogP contribution in [0, 0.1) is 5.82 Å². The molecule has 0 atom stereocenters. The fourth-order valence-electron chi connectivity index (χ4n) is 2.60. The summed E-state index contributed by atoms with van der Waals surface area (Å²) in [5, 5.41) is 3.03. The number of guanidine groups is 1. The van der Waals surface area contributed by atoms with E-state index < -0.39 is 0 Å². The van der Waals surface area contributed by atoms with Crippen molar-refractivity contribution < 1.29 is 18.6 Å². The van der Waals surface area contributed by atoms with Gasteiger partial charge in [-0.1, -0.05) is 6.07 Å². The molecule has 1 aliphatic heterocycles. The van der Waals surface area contributed by atoms with Gasteiger partial charge in [0.15, 0.2) is 17.5 Å². The Labute approximate surface area is 174 Å². The maximum atomic E-state index is 13.6. The van der Waals surface area contributed by atoms with Gasteiger partial charge in [0.1, 0.15) is 5.82 Å². The minimum absolute atomic E-state index is 0. The van der Waals surface area contributed by atoms with Crippen molar-refractivity contribution >= 4 is 35.6 Å². The number of rotatable bonds is 5. The fourth-order valence-corrected chi connectivity index (χ4v) is 2.60. The zero-order chi connectivity index (χ0) is 18.4. The summed E-state index contributed by atoms with van der Waals surface area (Å²) in [4.78, 5) is 4.30. The molecule has 2 aromatic carbocycles. The summed E-state index contributed by atoms with van der Waals surface area (Å²) < 4.78 is 29.9. The minimum atomic E-state index is -0.294. The quantitative estimate of drug-likeness (QED) is 0.383. The van der Waals surface area contributed by atoms with Crippen molar-refractivity contribution in [3.05, 3.63) is 53.3 Å². The number of ether oxygens (including phenoxy) is 3. The molecule has 2 aromatic rings. The Balaban J connectivity index is 0.00000261. The van der Waals surface area contributed by atoms with Crippen LogP contribution in [0.25, 0.3) is 0 Å². The number of aliphatic imine (C=N–C) groups is 1. The molecule has 27 heavy (non-hydrogen) atoms. The van der Waals surface area contributed by atoms with Crippen LogP contribution in [0.5, 0.6) is 11.5 Å². The van der Waals surface area contributed by atoms with Crippen LogP contribution >= 0.6 is 24.0 Å². The lowest BCUT2D eigenvalue weighted by atomic mass is 10.1. The Morgan fingerprint density at radius 3 is 2.74 bits per heavy atom. The maximum absolute atomic E-state index is 13.6. The van der Waals surface area contributed by atoms with Crippen molar-refractivity contribution in [2.24, 2.45) is 10.7 Å². The van der Waals surface area contributed by atoms with E-state index in [-0.39, 0.29) is 42.4 Å². The van der Waals surface area contributed by atoms with Gasteiger partial charge in [0.25, 0.3) is 0 Å². The molecule has 1 aliphatic rings. The summed E-state index contributed by atoms with van der Waals surface area (Å²) >= 11 is 0. The maximum Gasteiger partial charge on any atom is 0.193 e. The second-order valence-corrected chi connectivity index (χ2v) is 5.90. The molecule has 146 valence electrons. The van der Waals surface area contributed by atoms with Gasteiger partial charge in [-0.3, -0.25) is 0 Å². The number of methoxy groups -OCH3 is 1. The van der Waals surface area contributed by atoms with Gasteiger partial charge in [-0.15, -0.1) is 24.0 Å². The number of hydrogen-bond donors (Lipinski definition) is 2. The third-order valence-electron chi connectivity index (χ3n) is 3.86. The molecule has 1 heterocycles. The highest BCUT2D eigenvalue weighted by molar-refractivity contribution is 14.0. The normalized spacial score (nSPS) is 13.5. The van der Waals surface area contributed by atoms with Crippen LogP contribution in [0.2, 0.25) is 0 Å². The summed E-state index contributed by atoms with van der Waals surface area (Å²) in [5.41, 5.74) is 8.06. The molecule has 6 nitrogen and oxygen atoms in total. The molecule has 0 fully saturated rings. The van der Waals surface area contributed by atoms with Gasteiger partial charge < -0.3 is 25.3 Å². The Hall–Kier alpha value is -2.07. The van der Waals surface area contributed by atoms with Crippen LogP contribution < -0.4 is 20.5 Å². The largest absolute Gasteiger partial charge is 0.490 e. The van der Waals surface area contributed by atoms with E-state index in [0.29, 0.717) is 31.1 Å². The van der Waals surface area contributed by atoms with Gasteiger partial charge in [0, 0.05) is 30.8 Å². The van der Waals surface area contributed by atoms with E-state index in [4.69, 9.17) is 19.9 Å². The van der Waals surface area contributed by atoms with E-state index in [1.807, 2.05) is 18.2 Å². The second-order valence-electron chi connectivity index (χ2n) is 5.90. The Morgan fingerprint density at radius 2 is 1.96 bits per heavy atom.